The highest BCUT2D eigenvalue weighted by atomic mass is 32.1. The first-order valence-corrected chi connectivity index (χ1v) is 12.2. The summed E-state index contributed by atoms with van der Waals surface area (Å²) >= 11 is 3.24. The Balaban J connectivity index is 1.27. The Morgan fingerprint density at radius 2 is 1.00 bits per heavy atom. The fourth-order valence-electron chi connectivity index (χ4n) is 2.48. The van der Waals surface area contributed by atoms with E-state index in [2.05, 4.69) is 0 Å². The maximum Gasteiger partial charge on any atom is 0.306 e. The van der Waals surface area contributed by atoms with Crippen LogP contribution >= 0.6 is 22.7 Å². The zero-order valence-electron chi connectivity index (χ0n) is 17.6. The molecule has 0 unspecified atom stereocenters. The van der Waals surface area contributed by atoms with E-state index in [1.54, 1.807) is 22.7 Å². The number of carbonyl (C=O) groups is 2. The minimum Gasteiger partial charge on any atom is -0.463 e. The van der Waals surface area contributed by atoms with Crippen molar-refractivity contribution >= 4 is 34.6 Å². The van der Waals surface area contributed by atoms with Gasteiger partial charge in [-0.1, -0.05) is 0 Å². The lowest BCUT2D eigenvalue weighted by molar-refractivity contribution is -0.145. The van der Waals surface area contributed by atoms with E-state index >= 15 is 0 Å². The Morgan fingerprint density at radius 3 is 1.35 bits per heavy atom. The molecule has 2 aromatic heterocycles. The highest BCUT2D eigenvalue weighted by molar-refractivity contribution is 7.08. The minimum absolute atomic E-state index is 0.212. The van der Waals surface area contributed by atoms with Gasteiger partial charge in [0.2, 0.25) is 0 Å². The van der Waals surface area contributed by atoms with Gasteiger partial charge in [-0.25, -0.2) is 0 Å². The van der Waals surface area contributed by atoms with Crippen LogP contribution in [0.1, 0.15) is 24.0 Å². The van der Waals surface area contributed by atoms with Crippen LogP contribution in [0.4, 0.5) is 0 Å². The molecule has 2 rings (SSSR count). The third kappa shape index (κ3) is 13.3. The minimum atomic E-state index is -0.212. The monoisotopic (exact) mass is 470 g/mol. The summed E-state index contributed by atoms with van der Waals surface area (Å²) in [6, 6.07) is 4.02. The van der Waals surface area contributed by atoms with Gasteiger partial charge in [0.05, 0.1) is 39.6 Å². The molecule has 0 aliphatic rings. The van der Waals surface area contributed by atoms with Crippen molar-refractivity contribution in [3.05, 3.63) is 44.8 Å². The summed E-state index contributed by atoms with van der Waals surface area (Å²) in [6.07, 6.45) is 2.18. The average Bonchev–Trinajstić information content (AvgIpc) is 3.48. The van der Waals surface area contributed by atoms with Crippen molar-refractivity contribution in [3.63, 3.8) is 0 Å². The molecular weight excluding hydrogens is 440 g/mol. The van der Waals surface area contributed by atoms with Crippen molar-refractivity contribution in [3.8, 4) is 0 Å². The van der Waals surface area contributed by atoms with Gasteiger partial charge in [0.1, 0.15) is 13.2 Å². The molecule has 0 saturated heterocycles. The second kappa shape index (κ2) is 16.9. The lowest BCUT2D eigenvalue weighted by Gasteiger charge is -2.08. The number of esters is 2. The molecular formula is C22H30O7S2. The summed E-state index contributed by atoms with van der Waals surface area (Å²) in [5.74, 6) is -0.423. The SMILES string of the molecule is O=C(CCc1ccsc1)OCCOCCOCCOCCOC(=O)CCc1ccsc1. The molecule has 0 aliphatic heterocycles. The first kappa shape index (κ1) is 25.5. The van der Waals surface area contributed by atoms with E-state index in [-0.39, 0.29) is 25.2 Å². The van der Waals surface area contributed by atoms with E-state index in [9.17, 15) is 9.59 Å². The van der Waals surface area contributed by atoms with E-state index in [0.29, 0.717) is 65.3 Å². The second-order valence-corrected chi connectivity index (χ2v) is 8.10. The lowest BCUT2D eigenvalue weighted by atomic mass is 10.2. The number of carbonyl (C=O) groups excluding carboxylic acids is 2. The highest BCUT2D eigenvalue weighted by Gasteiger charge is 2.05. The van der Waals surface area contributed by atoms with E-state index in [1.165, 1.54) is 0 Å². The van der Waals surface area contributed by atoms with E-state index in [1.807, 2.05) is 33.7 Å². The molecule has 2 aromatic rings. The topological polar surface area (TPSA) is 80.3 Å². The Bertz CT molecular complexity index is 641. The molecule has 0 spiro atoms. The molecule has 0 fully saturated rings. The lowest BCUT2D eigenvalue weighted by Crippen LogP contribution is -2.15. The Hall–Kier alpha value is -1.78. The average molecular weight is 471 g/mol. The number of rotatable bonds is 18. The molecule has 172 valence electrons. The van der Waals surface area contributed by atoms with Crippen LogP contribution in [0.2, 0.25) is 0 Å². The number of ether oxygens (including phenoxy) is 5. The largest absolute Gasteiger partial charge is 0.463 e. The standard InChI is InChI=1S/C22H30O7S2/c23-21(3-1-19-5-15-30-17-19)28-13-11-26-9-7-25-8-10-27-12-14-29-22(24)4-2-20-6-16-31-18-20/h5-6,15-18H,1-4,7-14H2. The van der Waals surface area contributed by atoms with Crippen LogP contribution in [0.3, 0.4) is 0 Å². The van der Waals surface area contributed by atoms with Gasteiger partial charge in [0.15, 0.2) is 0 Å². The maximum atomic E-state index is 11.6. The van der Waals surface area contributed by atoms with Crippen LogP contribution in [0.5, 0.6) is 0 Å². The van der Waals surface area contributed by atoms with Gasteiger partial charge in [0, 0.05) is 12.8 Å². The first-order valence-electron chi connectivity index (χ1n) is 10.3. The molecule has 0 aliphatic carbocycles. The zero-order chi connectivity index (χ0) is 22.0. The van der Waals surface area contributed by atoms with Crippen LogP contribution in [0, 0.1) is 0 Å². The van der Waals surface area contributed by atoms with Crippen molar-refractivity contribution in [1.82, 2.24) is 0 Å². The molecule has 7 nitrogen and oxygen atoms in total. The zero-order valence-corrected chi connectivity index (χ0v) is 19.3. The predicted octanol–water partition coefficient (Wildman–Crippen LogP) is 3.51. The van der Waals surface area contributed by atoms with Crippen LogP contribution in [-0.2, 0) is 46.1 Å². The van der Waals surface area contributed by atoms with Gasteiger partial charge >= 0.3 is 11.9 Å². The van der Waals surface area contributed by atoms with Crippen molar-refractivity contribution in [1.29, 1.82) is 0 Å². The molecule has 0 amide bonds. The smallest absolute Gasteiger partial charge is 0.306 e. The molecule has 9 heteroatoms. The summed E-state index contributed by atoms with van der Waals surface area (Å²) < 4.78 is 26.3. The fraction of sp³-hybridized carbons (Fsp3) is 0.545. The molecule has 31 heavy (non-hydrogen) atoms. The number of thiophene rings is 2. The van der Waals surface area contributed by atoms with Crippen LogP contribution < -0.4 is 0 Å². The number of aryl methyl sites for hydroxylation is 2. The third-order valence-corrected chi connectivity index (χ3v) is 5.59. The van der Waals surface area contributed by atoms with Gasteiger partial charge < -0.3 is 23.7 Å². The van der Waals surface area contributed by atoms with Gasteiger partial charge in [-0.05, 0) is 57.6 Å². The fourth-order valence-corrected chi connectivity index (χ4v) is 3.88. The molecule has 0 bridgehead atoms. The van der Waals surface area contributed by atoms with Crippen LogP contribution in [0.15, 0.2) is 33.7 Å². The van der Waals surface area contributed by atoms with Gasteiger partial charge in [-0.15, -0.1) is 0 Å². The maximum absolute atomic E-state index is 11.6. The van der Waals surface area contributed by atoms with Crippen molar-refractivity contribution in [2.45, 2.75) is 25.7 Å². The van der Waals surface area contributed by atoms with Gasteiger partial charge in [0.25, 0.3) is 0 Å². The summed E-state index contributed by atoms with van der Waals surface area (Å²) in [5.41, 5.74) is 2.32. The Morgan fingerprint density at radius 1 is 0.613 bits per heavy atom. The molecule has 0 aromatic carbocycles. The van der Waals surface area contributed by atoms with Crippen LogP contribution in [0.25, 0.3) is 0 Å². The van der Waals surface area contributed by atoms with Crippen LogP contribution in [-0.4, -0.2) is 64.8 Å². The predicted molar refractivity (Wildman–Crippen MR) is 120 cm³/mol. The summed E-state index contributed by atoms with van der Waals surface area (Å²) in [5, 5.41) is 8.05. The van der Waals surface area contributed by atoms with Crippen molar-refractivity contribution in [2.24, 2.45) is 0 Å². The van der Waals surface area contributed by atoms with Gasteiger partial charge in [-0.2, -0.15) is 22.7 Å². The van der Waals surface area contributed by atoms with E-state index in [0.717, 1.165) is 11.1 Å². The second-order valence-electron chi connectivity index (χ2n) is 6.54. The van der Waals surface area contributed by atoms with E-state index in [4.69, 9.17) is 23.7 Å². The molecule has 2 heterocycles. The van der Waals surface area contributed by atoms with Crippen molar-refractivity contribution in [2.75, 3.05) is 52.9 Å². The molecule has 0 atom stereocenters. The molecule has 0 radical (unpaired) electrons. The van der Waals surface area contributed by atoms with Gasteiger partial charge in [-0.3, -0.25) is 9.59 Å². The molecule has 0 saturated carbocycles. The normalized spacial score (nSPS) is 10.8. The third-order valence-electron chi connectivity index (χ3n) is 4.12. The summed E-state index contributed by atoms with van der Waals surface area (Å²) in [6.45, 7) is 2.92. The number of hydrogen-bond donors (Lipinski definition) is 0. The van der Waals surface area contributed by atoms with E-state index < -0.39 is 0 Å². The quantitative estimate of drug-likeness (QED) is 0.244. The Kier molecular flexibility index (Phi) is 13.9. The Labute approximate surface area is 191 Å². The summed E-state index contributed by atoms with van der Waals surface area (Å²) in [4.78, 5) is 23.2. The van der Waals surface area contributed by atoms with Crippen molar-refractivity contribution < 1.29 is 33.3 Å². The highest BCUT2D eigenvalue weighted by Crippen LogP contribution is 2.09. The summed E-state index contributed by atoms with van der Waals surface area (Å²) in [7, 11) is 0. The first-order chi connectivity index (χ1) is 15.2. The molecule has 0 N–H and O–H groups in total. The number of hydrogen-bond acceptors (Lipinski definition) is 9.